The van der Waals surface area contributed by atoms with Crippen molar-refractivity contribution in [3.05, 3.63) is 18.2 Å². The van der Waals surface area contributed by atoms with Crippen molar-refractivity contribution in [3.63, 3.8) is 0 Å². The van der Waals surface area contributed by atoms with Crippen LogP contribution in [0.15, 0.2) is 12.4 Å². The van der Waals surface area contributed by atoms with Crippen LogP contribution >= 0.6 is 0 Å². The molecule has 22 heavy (non-hydrogen) atoms. The van der Waals surface area contributed by atoms with Crippen LogP contribution in [0.1, 0.15) is 51.3 Å². The van der Waals surface area contributed by atoms with Crippen LogP contribution in [-0.2, 0) is 17.8 Å². The third-order valence-corrected chi connectivity index (χ3v) is 5.46. The van der Waals surface area contributed by atoms with E-state index in [1.54, 1.807) is 6.20 Å². The van der Waals surface area contributed by atoms with E-state index in [-0.39, 0.29) is 11.8 Å². The fraction of sp³-hybridized carbons (Fsp3) is 0.765. The quantitative estimate of drug-likeness (QED) is 0.925. The fourth-order valence-electron chi connectivity index (χ4n) is 4.03. The van der Waals surface area contributed by atoms with Gasteiger partial charge in [-0.2, -0.15) is 0 Å². The Morgan fingerprint density at radius 1 is 1.45 bits per heavy atom. The average Bonchev–Trinajstić information content (AvgIpc) is 2.99. The first-order valence-electron chi connectivity index (χ1n) is 8.62. The van der Waals surface area contributed by atoms with E-state index in [2.05, 4.69) is 16.5 Å². The molecule has 0 spiro atoms. The molecule has 122 valence electrons. The molecule has 1 aromatic rings. The number of rotatable bonds is 4. The summed E-state index contributed by atoms with van der Waals surface area (Å²) in [5.74, 6) is 1.52. The molecule has 1 saturated carbocycles. The van der Waals surface area contributed by atoms with Crippen LogP contribution in [0.2, 0.25) is 0 Å². The number of carbonyl (C=O) groups excluding carboxylic acids is 1. The Balaban J connectivity index is 1.55. The summed E-state index contributed by atoms with van der Waals surface area (Å²) < 4.78 is 2.07. The maximum absolute atomic E-state index is 12.5. The highest BCUT2D eigenvalue weighted by Crippen LogP contribution is 2.39. The van der Waals surface area contributed by atoms with E-state index in [1.807, 2.05) is 11.1 Å². The number of hydrogen-bond donors (Lipinski definition) is 1. The lowest BCUT2D eigenvalue weighted by atomic mass is 9.71. The van der Waals surface area contributed by atoms with E-state index >= 15 is 0 Å². The molecule has 3 rings (SSSR count). The molecule has 2 aliphatic rings. The summed E-state index contributed by atoms with van der Waals surface area (Å²) in [5, 5.41) is 10.7. The molecule has 2 fully saturated rings. The van der Waals surface area contributed by atoms with Crippen LogP contribution in [0.4, 0.5) is 0 Å². The normalized spacial score (nSPS) is 28.5. The molecule has 1 saturated heterocycles. The Morgan fingerprint density at radius 2 is 2.32 bits per heavy atom. The molecule has 2 heterocycles. The number of aryl methyl sites for hydroxylation is 2. The molecule has 0 bridgehead atoms. The van der Waals surface area contributed by atoms with E-state index < -0.39 is 5.60 Å². The van der Waals surface area contributed by atoms with Crippen molar-refractivity contribution in [2.45, 2.75) is 64.0 Å². The van der Waals surface area contributed by atoms with Gasteiger partial charge >= 0.3 is 0 Å². The number of piperidine rings is 1. The molecule has 1 aliphatic carbocycles. The first-order chi connectivity index (χ1) is 10.6. The average molecular weight is 305 g/mol. The third-order valence-electron chi connectivity index (χ3n) is 5.46. The number of carbonyl (C=O) groups is 1. The lowest BCUT2D eigenvalue weighted by Crippen LogP contribution is -2.54. The Bertz CT molecular complexity index is 528. The summed E-state index contributed by atoms with van der Waals surface area (Å²) in [4.78, 5) is 18.7. The standard InChI is InChI=1S/C17H27N3O2/c1-2-15-18-9-12-19(15)10-6-16(21)20-11-8-17(22)7-4-3-5-14(17)13-20/h9,12,14,22H,2-8,10-11,13H2,1H3/t14-,17-/m0/s1. The van der Waals surface area contributed by atoms with Gasteiger partial charge in [-0.1, -0.05) is 19.8 Å². The second-order valence-corrected chi connectivity index (χ2v) is 6.78. The molecule has 5 nitrogen and oxygen atoms in total. The zero-order chi connectivity index (χ0) is 15.6. The summed E-state index contributed by atoms with van der Waals surface area (Å²) in [5.41, 5.74) is -0.505. The van der Waals surface area contributed by atoms with Crippen molar-refractivity contribution in [1.29, 1.82) is 0 Å². The van der Waals surface area contributed by atoms with Gasteiger partial charge < -0.3 is 14.6 Å². The summed E-state index contributed by atoms with van der Waals surface area (Å²) in [6.45, 7) is 4.22. The second kappa shape index (κ2) is 6.41. The van der Waals surface area contributed by atoms with Crippen molar-refractivity contribution in [3.8, 4) is 0 Å². The van der Waals surface area contributed by atoms with Crippen molar-refractivity contribution >= 4 is 5.91 Å². The first kappa shape index (κ1) is 15.5. The van der Waals surface area contributed by atoms with Gasteiger partial charge in [0.15, 0.2) is 0 Å². The molecular formula is C17H27N3O2. The first-order valence-corrected chi connectivity index (χ1v) is 8.62. The highest BCUT2D eigenvalue weighted by atomic mass is 16.3. The number of hydrogen-bond acceptors (Lipinski definition) is 3. The highest BCUT2D eigenvalue weighted by Gasteiger charge is 2.43. The lowest BCUT2D eigenvalue weighted by Gasteiger charge is -2.47. The minimum atomic E-state index is -0.505. The molecule has 1 aliphatic heterocycles. The van der Waals surface area contributed by atoms with Gasteiger partial charge in [0.25, 0.3) is 0 Å². The zero-order valence-electron chi connectivity index (χ0n) is 13.5. The van der Waals surface area contributed by atoms with E-state index in [9.17, 15) is 9.90 Å². The zero-order valence-corrected chi connectivity index (χ0v) is 13.5. The van der Waals surface area contributed by atoms with Gasteiger partial charge in [0, 0.05) is 50.8 Å². The van der Waals surface area contributed by atoms with Crippen molar-refractivity contribution in [2.75, 3.05) is 13.1 Å². The molecular weight excluding hydrogens is 278 g/mol. The molecule has 0 unspecified atom stereocenters. The fourth-order valence-corrected chi connectivity index (χ4v) is 4.03. The Hall–Kier alpha value is -1.36. The van der Waals surface area contributed by atoms with Crippen LogP contribution in [0.25, 0.3) is 0 Å². The van der Waals surface area contributed by atoms with Gasteiger partial charge in [-0.25, -0.2) is 4.98 Å². The number of aromatic nitrogens is 2. The molecule has 5 heteroatoms. The topological polar surface area (TPSA) is 58.4 Å². The van der Waals surface area contributed by atoms with Gasteiger partial charge in [-0.05, 0) is 19.3 Å². The van der Waals surface area contributed by atoms with Crippen LogP contribution in [0, 0.1) is 5.92 Å². The van der Waals surface area contributed by atoms with Crippen LogP contribution in [0.3, 0.4) is 0 Å². The molecule has 0 radical (unpaired) electrons. The lowest BCUT2D eigenvalue weighted by molar-refractivity contribution is -0.143. The van der Waals surface area contributed by atoms with Crippen molar-refractivity contribution in [1.82, 2.24) is 14.5 Å². The van der Waals surface area contributed by atoms with Gasteiger partial charge in [0.2, 0.25) is 5.91 Å². The largest absolute Gasteiger partial charge is 0.389 e. The predicted molar refractivity (Wildman–Crippen MR) is 84.3 cm³/mol. The minimum Gasteiger partial charge on any atom is -0.389 e. The van der Waals surface area contributed by atoms with Gasteiger partial charge in [-0.15, -0.1) is 0 Å². The predicted octanol–water partition coefficient (Wildman–Crippen LogP) is 1.99. The smallest absolute Gasteiger partial charge is 0.224 e. The highest BCUT2D eigenvalue weighted by molar-refractivity contribution is 5.76. The summed E-state index contributed by atoms with van der Waals surface area (Å²) in [6.07, 6.45) is 10.2. The maximum atomic E-state index is 12.5. The third kappa shape index (κ3) is 3.05. The number of likely N-dealkylation sites (tertiary alicyclic amines) is 1. The van der Waals surface area contributed by atoms with Crippen molar-refractivity contribution in [2.24, 2.45) is 5.92 Å². The van der Waals surface area contributed by atoms with E-state index in [0.717, 1.165) is 44.5 Å². The second-order valence-electron chi connectivity index (χ2n) is 6.78. The van der Waals surface area contributed by atoms with Crippen LogP contribution in [-0.4, -0.2) is 44.2 Å². The molecule has 0 aromatic carbocycles. The van der Waals surface area contributed by atoms with Crippen LogP contribution < -0.4 is 0 Å². The molecule has 1 N–H and O–H groups in total. The molecule has 1 aromatic heterocycles. The number of fused-ring (bicyclic) bond motifs is 1. The maximum Gasteiger partial charge on any atom is 0.224 e. The number of nitrogens with zero attached hydrogens (tertiary/aromatic N) is 3. The minimum absolute atomic E-state index is 0.211. The van der Waals surface area contributed by atoms with Crippen LogP contribution in [0.5, 0.6) is 0 Å². The van der Waals surface area contributed by atoms with E-state index in [0.29, 0.717) is 19.5 Å². The Morgan fingerprint density at radius 3 is 3.14 bits per heavy atom. The van der Waals surface area contributed by atoms with Gasteiger partial charge in [0.1, 0.15) is 5.82 Å². The number of amides is 1. The number of imidazole rings is 1. The summed E-state index contributed by atoms with van der Waals surface area (Å²) >= 11 is 0. The molecule has 2 atom stereocenters. The number of aliphatic hydroxyl groups is 1. The van der Waals surface area contributed by atoms with Crippen molar-refractivity contribution < 1.29 is 9.90 Å². The Labute approximate surface area is 132 Å². The summed E-state index contributed by atoms with van der Waals surface area (Å²) in [7, 11) is 0. The SMILES string of the molecule is CCc1nccn1CCC(=O)N1CC[C@@]2(O)CCCC[C@H]2C1. The van der Waals surface area contributed by atoms with E-state index in [4.69, 9.17) is 0 Å². The molecule has 1 amide bonds. The van der Waals surface area contributed by atoms with Gasteiger partial charge in [0.05, 0.1) is 5.60 Å². The van der Waals surface area contributed by atoms with E-state index in [1.165, 1.54) is 6.42 Å². The Kier molecular flexibility index (Phi) is 4.52. The monoisotopic (exact) mass is 305 g/mol. The summed E-state index contributed by atoms with van der Waals surface area (Å²) in [6, 6.07) is 0. The van der Waals surface area contributed by atoms with Gasteiger partial charge in [-0.3, -0.25) is 4.79 Å².